The normalized spacial score (nSPS) is 17.1. The Kier molecular flexibility index (Phi) is 3.30. The third kappa shape index (κ3) is 2.25. The maximum Gasteiger partial charge on any atom is 0.207 e. The number of sulfone groups is 1. The van der Waals surface area contributed by atoms with Crippen LogP contribution in [-0.2, 0) is 14.6 Å². The lowest BCUT2D eigenvalue weighted by molar-refractivity contribution is 0.101. The van der Waals surface area contributed by atoms with Crippen LogP contribution in [0.1, 0.15) is 19.4 Å². The van der Waals surface area contributed by atoms with Gasteiger partial charge >= 0.3 is 0 Å². The minimum absolute atomic E-state index is 0.00900. The fraction of sp³-hybridized carbons (Fsp3) is 0.333. The van der Waals surface area contributed by atoms with Gasteiger partial charge < -0.3 is 4.74 Å². The standard InChI is InChI=1S/C12H13ClO3S/c1-8(2)16-7-10-6-9-4-3-5-11(13)12(9)17(10,14)15/h3-6,8H,7H2,1-2H3. The molecule has 0 saturated heterocycles. The highest BCUT2D eigenvalue weighted by atomic mass is 35.5. The Bertz CT molecular complexity index is 573. The second-order valence-electron chi connectivity index (χ2n) is 4.13. The average Bonchev–Trinajstić information content (AvgIpc) is 2.48. The van der Waals surface area contributed by atoms with Crippen LogP contribution in [0.5, 0.6) is 0 Å². The number of hydrogen-bond acceptors (Lipinski definition) is 3. The molecule has 1 aliphatic rings. The van der Waals surface area contributed by atoms with Crippen molar-refractivity contribution >= 4 is 27.5 Å². The first kappa shape index (κ1) is 12.6. The molecule has 2 rings (SSSR count). The predicted molar refractivity (Wildman–Crippen MR) is 67.7 cm³/mol. The van der Waals surface area contributed by atoms with E-state index in [1.165, 1.54) is 0 Å². The van der Waals surface area contributed by atoms with Crippen molar-refractivity contribution < 1.29 is 13.2 Å². The van der Waals surface area contributed by atoms with Gasteiger partial charge in [-0.25, -0.2) is 8.42 Å². The van der Waals surface area contributed by atoms with Crippen LogP contribution in [-0.4, -0.2) is 21.1 Å². The smallest absolute Gasteiger partial charge is 0.207 e. The molecule has 0 spiro atoms. The number of ether oxygens (including phenoxy) is 1. The predicted octanol–water partition coefficient (Wildman–Crippen LogP) is 2.89. The van der Waals surface area contributed by atoms with Gasteiger partial charge in [-0.2, -0.15) is 0 Å². The van der Waals surface area contributed by atoms with Gasteiger partial charge in [0.1, 0.15) is 0 Å². The lowest BCUT2D eigenvalue weighted by Crippen LogP contribution is -2.11. The zero-order valence-electron chi connectivity index (χ0n) is 9.60. The van der Waals surface area contributed by atoms with Crippen LogP contribution in [0.3, 0.4) is 0 Å². The molecule has 0 radical (unpaired) electrons. The van der Waals surface area contributed by atoms with E-state index in [4.69, 9.17) is 16.3 Å². The van der Waals surface area contributed by atoms with E-state index in [-0.39, 0.29) is 27.5 Å². The van der Waals surface area contributed by atoms with Crippen LogP contribution in [0.15, 0.2) is 28.0 Å². The van der Waals surface area contributed by atoms with Crippen molar-refractivity contribution in [1.29, 1.82) is 0 Å². The second-order valence-corrected chi connectivity index (χ2v) is 6.48. The molecule has 1 heterocycles. The van der Waals surface area contributed by atoms with Crippen molar-refractivity contribution in [3.8, 4) is 0 Å². The van der Waals surface area contributed by atoms with E-state index in [2.05, 4.69) is 0 Å². The summed E-state index contributed by atoms with van der Waals surface area (Å²) in [5.41, 5.74) is 0.639. The van der Waals surface area contributed by atoms with Crippen LogP contribution in [0, 0.1) is 0 Å². The summed E-state index contributed by atoms with van der Waals surface area (Å²) in [5, 5.41) is 0.262. The van der Waals surface area contributed by atoms with Gasteiger partial charge in [-0.1, -0.05) is 23.7 Å². The van der Waals surface area contributed by atoms with Crippen molar-refractivity contribution in [1.82, 2.24) is 0 Å². The molecule has 0 unspecified atom stereocenters. The van der Waals surface area contributed by atoms with E-state index in [0.29, 0.717) is 5.56 Å². The topological polar surface area (TPSA) is 43.4 Å². The van der Waals surface area contributed by atoms with E-state index < -0.39 is 9.84 Å². The Balaban J connectivity index is 2.40. The zero-order chi connectivity index (χ0) is 12.6. The van der Waals surface area contributed by atoms with Crippen LogP contribution >= 0.6 is 11.6 Å². The Morgan fingerprint density at radius 1 is 1.35 bits per heavy atom. The molecule has 5 heteroatoms. The highest BCUT2D eigenvalue weighted by Gasteiger charge is 2.31. The summed E-state index contributed by atoms with van der Waals surface area (Å²) in [6, 6.07) is 5.05. The molecule has 0 aromatic heterocycles. The van der Waals surface area contributed by atoms with Gasteiger partial charge in [0.05, 0.1) is 27.5 Å². The first-order valence-electron chi connectivity index (χ1n) is 5.28. The van der Waals surface area contributed by atoms with Crippen molar-refractivity contribution in [2.45, 2.75) is 24.8 Å². The Morgan fingerprint density at radius 3 is 2.65 bits per heavy atom. The Morgan fingerprint density at radius 2 is 2.06 bits per heavy atom. The maximum absolute atomic E-state index is 12.2. The summed E-state index contributed by atoms with van der Waals surface area (Å²) >= 11 is 5.93. The molecule has 0 amide bonds. The first-order valence-corrected chi connectivity index (χ1v) is 7.15. The van der Waals surface area contributed by atoms with E-state index >= 15 is 0 Å². The summed E-state index contributed by atoms with van der Waals surface area (Å²) in [4.78, 5) is 0.471. The molecule has 0 aliphatic carbocycles. The molecule has 1 aromatic rings. The van der Waals surface area contributed by atoms with Crippen molar-refractivity contribution in [2.75, 3.05) is 6.61 Å². The Hall–Kier alpha value is -0.840. The first-order chi connectivity index (χ1) is 7.93. The van der Waals surface area contributed by atoms with Gasteiger partial charge in [-0.15, -0.1) is 0 Å². The third-order valence-electron chi connectivity index (χ3n) is 2.49. The quantitative estimate of drug-likeness (QED) is 0.850. The van der Waals surface area contributed by atoms with Crippen LogP contribution in [0.4, 0.5) is 0 Å². The number of hydrogen-bond donors (Lipinski definition) is 0. The number of halogens is 1. The van der Waals surface area contributed by atoms with Crippen molar-refractivity contribution in [3.63, 3.8) is 0 Å². The monoisotopic (exact) mass is 272 g/mol. The molecular formula is C12H13ClO3S. The molecule has 17 heavy (non-hydrogen) atoms. The van der Waals surface area contributed by atoms with Gasteiger partial charge in [0.2, 0.25) is 9.84 Å². The second kappa shape index (κ2) is 4.44. The van der Waals surface area contributed by atoms with Crippen LogP contribution < -0.4 is 0 Å². The molecule has 0 fully saturated rings. The fourth-order valence-electron chi connectivity index (χ4n) is 1.67. The van der Waals surface area contributed by atoms with Crippen molar-refractivity contribution in [2.24, 2.45) is 0 Å². The number of fused-ring (bicyclic) bond motifs is 1. The molecule has 0 N–H and O–H groups in total. The lowest BCUT2D eigenvalue weighted by atomic mass is 10.2. The molecular weight excluding hydrogens is 260 g/mol. The molecule has 0 atom stereocenters. The SMILES string of the molecule is CC(C)OCC1=Cc2cccc(Cl)c2S1(=O)=O. The molecule has 3 nitrogen and oxygen atoms in total. The zero-order valence-corrected chi connectivity index (χ0v) is 11.2. The minimum atomic E-state index is -3.47. The number of rotatable bonds is 3. The summed E-state index contributed by atoms with van der Waals surface area (Å²) in [6.45, 7) is 3.81. The van der Waals surface area contributed by atoms with Crippen molar-refractivity contribution in [3.05, 3.63) is 33.7 Å². The average molecular weight is 273 g/mol. The third-order valence-corrected chi connectivity index (χ3v) is 4.83. The summed E-state index contributed by atoms with van der Waals surface area (Å²) in [7, 11) is -3.47. The summed E-state index contributed by atoms with van der Waals surface area (Å²) < 4.78 is 29.7. The fourth-order valence-corrected chi connectivity index (χ4v) is 3.69. The largest absolute Gasteiger partial charge is 0.373 e. The number of benzene rings is 1. The molecule has 92 valence electrons. The minimum Gasteiger partial charge on any atom is -0.373 e. The van der Waals surface area contributed by atoms with E-state index in [1.807, 2.05) is 13.8 Å². The highest BCUT2D eigenvalue weighted by molar-refractivity contribution is 7.96. The van der Waals surface area contributed by atoms with Gasteiger partial charge in [-0.3, -0.25) is 0 Å². The molecule has 0 bridgehead atoms. The van der Waals surface area contributed by atoms with Gasteiger partial charge in [-0.05, 0) is 31.6 Å². The summed E-state index contributed by atoms with van der Waals surface area (Å²) in [5.74, 6) is 0. The van der Waals surface area contributed by atoms with Gasteiger partial charge in [0.25, 0.3) is 0 Å². The maximum atomic E-state index is 12.2. The lowest BCUT2D eigenvalue weighted by Gasteiger charge is -2.08. The van der Waals surface area contributed by atoms with E-state index in [9.17, 15) is 8.42 Å². The highest BCUT2D eigenvalue weighted by Crippen LogP contribution is 2.37. The molecule has 1 aromatic carbocycles. The van der Waals surface area contributed by atoms with E-state index in [0.717, 1.165) is 0 Å². The summed E-state index contributed by atoms with van der Waals surface area (Å²) in [6.07, 6.45) is 1.61. The van der Waals surface area contributed by atoms with Crippen LogP contribution in [0.2, 0.25) is 5.02 Å². The molecule has 1 aliphatic heterocycles. The van der Waals surface area contributed by atoms with E-state index in [1.54, 1.807) is 24.3 Å². The van der Waals surface area contributed by atoms with Gasteiger partial charge in [0, 0.05) is 0 Å². The van der Waals surface area contributed by atoms with Crippen LogP contribution in [0.25, 0.3) is 6.08 Å². The van der Waals surface area contributed by atoms with Gasteiger partial charge in [0.15, 0.2) is 0 Å². The molecule has 0 saturated carbocycles. The Labute approximate surface area is 106 Å².